The third-order valence-electron chi connectivity index (χ3n) is 3.65. The summed E-state index contributed by atoms with van der Waals surface area (Å²) in [5, 5.41) is 3.04. The molecule has 0 saturated heterocycles. The van der Waals surface area contributed by atoms with Crippen LogP contribution in [-0.4, -0.2) is 23.1 Å². The summed E-state index contributed by atoms with van der Waals surface area (Å²) < 4.78 is 0. The Morgan fingerprint density at radius 2 is 2.11 bits per heavy atom. The summed E-state index contributed by atoms with van der Waals surface area (Å²) in [5.41, 5.74) is 2.64. The van der Waals surface area contributed by atoms with Gasteiger partial charge in [-0.25, -0.2) is 4.98 Å². The molecule has 0 amide bonds. The molecule has 1 aromatic carbocycles. The molecule has 1 atom stereocenters. The molecule has 0 aliphatic carbocycles. The third kappa shape index (κ3) is 2.14. The van der Waals surface area contributed by atoms with Crippen LogP contribution in [0.25, 0.3) is 0 Å². The van der Waals surface area contributed by atoms with Crippen LogP contribution < -0.4 is 10.2 Å². The Morgan fingerprint density at radius 1 is 1.26 bits per heavy atom. The lowest BCUT2D eigenvalue weighted by molar-refractivity contribution is 0.613. The summed E-state index contributed by atoms with van der Waals surface area (Å²) >= 11 is 0. The molecule has 0 saturated carbocycles. The van der Waals surface area contributed by atoms with Gasteiger partial charge in [-0.15, -0.1) is 0 Å². The average molecular weight is 254 g/mol. The lowest BCUT2D eigenvalue weighted by Gasteiger charge is -2.36. The van der Waals surface area contributed by atoms with E-state index in [0.717, 1.165) is 24.5 Å². The van der Waals surface area contributed by atoms with Gasteiger partial charge in [0.2, 0.25) is 0 Å². The predicted octanol–water partition coefficient (Wildman–Crippen LogP) is 2.99. The Balaban J connectivity index is 2.07. The molecule has 1 aliphatic heterocycles. The fourth-order valence-electron chi connectivity index (χ4n) is 2.63. The summed E-state index contributed by atoms with van der Waals surface area (Å²) in [6.45, 7) is 2.24. The van der Waals surface area contributed by atoms with Gasteiger partial charge in [0.1, 0.15) is 5.82 Å². The number of nitrogens with zero attached hydrogens (tertiary/aromatic N) is 3. The number of anilines is 3. The van der Waals surface area contributed by atoms with E-state index in [0.29, 0.717) is 6.04 Å². The first kappa shape index (κ1) is 12.0. The Bertz CT molecular complexity index is 582. The molecule has 4 heteroatoms. The highest BCUT2D eigenvalue weighted by atomic mass is 15.2. The number of nitrogens with one attached hydrogen (secondary N) is 1. The van der Waals surface area contributed by atoms with E-state index in [1.807, 2.05) is 13.2 Å². The lowest BCUT2D eigenvalue weighted by atomic mass is 9.97. The summed E-state index contributed by atoms with van der Waals surface area (Å²) in [6, 6.07) is 8.99. The number of aromatic nitrogens is 2. The molecule has 0 radical (unpaired) electrons. The number of rotatable bonds is 2. The second-order valence-corrected chi connectivity index (χ2v) is 4.90. The minimum absolute atomic E-state index is 0.441. The van der Waals surface area contributed by atoms with E-state index in [4.69, 9.17) is 0 Å². The second-order valence-electron chi connectivity index (χ2n) is 4.90. The molecule has 98 valence electrons. The molecular formula is C15H18N4. The zero-order chi connectivity index (χ0) is 13.2. The van der Waals surface area contributed by atoms with Crippen molar-refractivity contribution in [2.24, 2.45) is 0 Å². The fourth-order valence-corrected chi connectivity index (χ4v) is 2.63. The van der Waals surface area contributed by atoms with E-state index >= 15 is 0 Å². The van der Waals surface area contributed by atoms with E-state index in [2.05, 4.69) is 51.4 Å². The van der Waals surface area contributed by atoms with Crippen LogP contribution in [-0.2, 0) is 6.42 Å². The quantitative estimate of drug-likeness (QED) is 0.894. The number of para-hydroxylation sites is 1. The molecule has 0 fully saturated rings. The van der Waals surface area contributed by atoms with Gasteiger partial charge in [-0.05, 0) is 31.4 Å². The van der Waals surface area contributed by atoms with Gasteiger partial charge in [0.25, 0.3) is 0 Å². The van der Waals surface area contributed by atoms with Crippen LogP contribution in [0.3, 0.4) is 0 Å². The SMILES string of the molecule is CNc1cncc(N2c3ccccc3CCC2C)n1. The molecule has 1 unspecified atom stereocenters. The van der Waals surface area contributed by atoms with Gasteiger partial charge in [-0.3, -0.25) is 4.98 Å². The minimum atomic E-state index is 0.441. The fraction of sp³-hybridized carbons (Fsp3) is 0.333. The smallest absolute Gasteiger partial charge is 0.154 e. The van der Waals surface area contributed by atoms with E-state index in [1.165, 1.54) is 11.3 Å². The van der Waals surface area contributed by atoms with Crippen molar-refractivity contribution in [1.29, 1.82) is 0 Å². The topological polar surface area (TPSA) is 41.1 Å². The van der Waals surface area contributed by atoms with Crippen LogP contribution >= 0.6 is 0 Å². The first-order chi connectivity index (χ1) is 9.29. The number of aryl methyl sites for hydroxylation is 1. The van der Waals surface area contributed by atoms with Gasteiger partial charge >= 0.3 is 0 Å². The van der Waals surface area contributed by atoms with Gasteiger partial charge in [0.15, 0.2) is 5.82 Å². The van der Waals surface area contributed by atoms with Gasteiger partial charge in [-0.1, -0.05) is 18.2 Å². The largest absolute Gasteiger partial charge is 0.372 e. The minimum Gasteiger partial charge on any atom is -0.372 e. The lowest BCUT2D eigenvalue weighted by Crippen LogP contribution is -2.33. The normalized spacial score (nSPS) is 18.0. The highest BCUT2D eigenvalue weighted by molar-refractivity contribution is 5.66. The molecular weight excluding hydrogens is 236 g/mol. The molecule has 2 heterocycles. The molecule has 1 aromatic heterocycles. The van der Waals surface area contributed by atoms with Crippen LogP contribution in [0.1, 0.15) is 18.9 Å². The molecule has 1 N–H and O–H groups in total. The van der Waals surface area contributed by atoms with Gasteiger partial charge in [0.05, 0.1) is 12.4 Å². The van der Waals surface area contributed by atoms with Gasteiger partial charge in [0, 0.05) is 18.8 Å². The Morgan fingerprint density at radius 3 is 2.95 bits per heavy atom. The molecule has 0 spiro atoms. The summed E-state index contributed by atoms with van der Waals surface area (Å²) in [4.78, 5) is 11.2. The van der Waals surface area contributed by atoms with Crippen molar-refractivity contribution in [2.45, 2.75) is 25.8 Å². The summed E-state index contributed by atoms with van der Waals surface area (Å²) in [7, 11) is 1.86. The maximum Gasteiger partial charge on any atom is 0.154 e. The van der Waals surface area contributed by atoms with E-state index in [9.17, 15) is 0 Å². The number of hydrogen-bond donors (Lipinski definition) is 1. The number of benzene rings is 1. The van der Waals surface area contributed by atoms with Crippen molar-refractivity contribution >= 4 is 17.3 Å². The summed E-state index contributed by atoms with van der Waals surface area (Å²) in [6.07, 6.45) is 5.85. The maximum atomic E-state index is 4.62. The molecule has 0 bridgehead atoms. The molecule has 1 aliphatic rings. The van der Waals surface area contributed by atoms with Gasteiger partial charge < -0.3 is 10.2 Å². The van der Waals surface area contributed by atoms with Crippen molar-refractivity contribution in [3.8, 4) is 0 Å². The zero-order valence-electron chi connectivity index (χ0n) is 11.3. The molecule has 2 aromatic rings. The first-order valence-corrected chi connectivity index (χ1v) is 6.66. The Hall–Kier alpha value is -2.10. The van der Waals surface area contributed by atoms with Crippen molar-refractivity contribution in [1.82, 2.24) is 9.97 Å². The van der Waals surface area contributed by atoms with Crippen LogP contribution in [0.4, 0.5) is 17.3 Å². The van der Waals surface area contributed by atoms with Crippen LogP contribution in [0, 0.1) is 0 Å². The van der Waals surface area contributed by atoms with Crippen LogP contribution in [0.5, 0.6) is 0 Å². The average Bonchev–Trinajstić information content (AvgIpc) is 2.47. The highest BCUT2D eigenvalue weighted by Gasteiger charge is 2.25. The first-order valence-electron chi connectivity index (χ1n) is 6.66. The monoisotopic (exact) mass is 254 g/mol. The Kier molecular flexibility index (Phi) is 3.07. The highest BCUT2D eigenvalue weighted by Crippen LogP contribution is 2.35. The number of fused-ring (bicyclic) bond motifs is 1. The molecule has 4 nitrogen and oxygen atoms in total. The number of hydrogen-bond acceptors (Lipinski definition) is 4. The van der Waals surface area contributed by atoms with Crippen LogP contribution in [0.15, 0.2) is 36.7 Å². The van der Waals surface area contributed by atoms with Crippen molar-refractivity contribution in [3.05, 3.63) is 42.2 Å². The van der Waals surface area contributed by atoms with E-state index in [1.54, 1.807) is 6.20 Å². The van der Waals surface area contributed by atoms with Crippen molar-refractivity contribution in [2.75, 3.05) is 17.3 Å². The van der Waals surface area contributed by atoms with Crippen LogP contribution in [0.2, 0.25) is 0 Å². The maximum absolute atomic E-state index is 4.62. The van der Waals surface area contributed by atoms with Gasteiger partial charge in [-0.2, -0.15) is 0 Å². The molecule has 19 heavy (non-hydrogen) atoms. The standard InChI is InChI=1S/C15H18N4/c1-11-7-8-12-5-3-4-6-13(12)19(11)15-10-17-9-14(16-2)18-15/h3-6,9-11H,7-8H2,1-2H3,(H,16,18). The molecule has 3 rings (SSSR count). The zero-order valence-corrected chi connectivity index (χ0v) is 11.3. The predicted molar refractivity (Wildman–Crippen MR) is 77.9 cm³/mol. The second kappa shape index (κ2) is 4.88. The third-order valence-corrected chi connectivity index (χ3v) is 3.65. The van der Waals surface area contributed by atoms with Crippen molar-refractivity contribution in [3.63, 3.8) is 0 Å². The summed E-state index contributed by atoms with van der Waals surface area (Å²) in [5.74, 6) is 1.71. The van der Waals surface area contributed by atoms with E-state index < -0.39 is 0 Å². The van der Waals surface area contributed by atoms with E-state index in [-0.39, 0.29) is 0 Å². The van der Waals surface area contributed by atoms with Crippen molar-refractivity contribution < 1.29 is 0 Å². The Labute approximate surface area is 113 Å².